The molecule has 1 aliphatic carbocycles. The zero-order valence-electron chi connectivity index (χ0n) is 19.0. The molecular weight excluding hydrogens is 410 g/mol. The normalized spacial score (nSPS) is 13.6. The summed E-state index contributed by atoms with van der Waals surface area (Å²) < 4.78 is 0. The van der Waals surface area contributed by atoms with E-state index in [2.05, 4.69) is 10.3 Å². The summed E-state index contributed by atoms with van der Waals surface area (Å²) in [5, 5.41) is 2.98. The number of amides is 2. The Labute approximate surface area is 195 Å². The van der Waals surface area contributed by atoms with Crippen LogP contribution in [0, 0.1) is 5.92 Å². The molecule has 0 atom stereocenters. The van der Waals surface area contributed by atoms with Gasteiger partial charge in [0.15, 0.2) is 0 Å². The first-order chi connectivity index (χ1) is 16.2. The van der Waals surface area contributed by atoms with E-state index in [9.17, 15) is 9.59 Å². The third-order valence-corrected chi connectivity index (χ3v) is 6.17. The van der Waals surface area contributed by atoms with Crippen molar-refractivity contribution in [1.82, 2.24) is 10.3 Å². The minimum atomic E-state index is -0.0280. The number of aromatic nitrogens is 1. The second kappa shape index (κ2) is 11.4. The van der Waals surface area contributed by atoms with Crippen molar-refractivity contribution in [2.24, 2.45) is 5.92 Å². The number of hydrogen-bond acceptors (Lipinski definition) is 3. The Bertz CT molecular complexity index is 1050. The number of rotatable bonds is 9. The first-order valence-electron chi connectivity index (χ1n) is 11.8. The molecule has 2 amide bonds. The summed E-state index contributed by atoms with van der Waals surface area (Å²) in [4.78, 5) is 32.1. The number of carbonyl (C=O) groups is 2. The SMILES string of the molecule is O=C(Cc1cccc(N(Cc2ccccc2)C(=O)C2CCCC2)c1)NCCc1ccccn1. The van der Waals surface area contributed by atoms with E-state index < -0.39 is 0 Å². The van der Waals surface area contributed by atoms with Crippen molar-refractivity contribution in [2.75, 3.05) is 11.4 Å². The van der Waals surface area contributed by atoms with Crippen molar-refractivity contribution < 1.29 is 9.59 Å². The number of nitrogens with one attached hydrogen (secondary N) is 1. The summed E-state index contributed by atoms with van der Waals surface area (Å²) in [6.07, 6.45) is 6.91. The lowest BCUT2D eigenvalue weighted by molar-refractivity contribution is -0.122. The molecule has 33 heavy (non-hydrogen) atoms. The van der Waals surface area contributed by atoms with Gasteiger partial charge in [0, 0.05) is 36.5 Å². The molecule has 0 saturated heterocycles. The van der Waals surface area contributed by atoms with Crippen LogP contribution >= 0.6 is 0 Å². The molecular formula is C28H31N3O2. The van der Waals surface area contributed by atoms with Gasteiger partial charge in [-0.1, -0.05) is 61.4 Å². The summed E-state index contributed by atoms with van der Waals surface area (Å²) in [5.74, 6) is 0.250. The van der Waals surface area contributed by atoms with E-state index in [4.69, 9.17) is 0 Å². The molecule has 170 valence electrons. The van der Waals surface area contributed by atoms with Crippen LogP contribution in [0.25, 0.3) is 0 Å². The summed E-state index contributed by atoms with van der Waals surface area (Å²) >= 11 is 0. The van der Waals surface area contributed by atoms with E-state index >= 15 is 0 Å². The Morgan fingerprint density at radius 1 is 0.909 bits per heavy atom. The Hall–Kier alpha value is -3.47. The molecule has 1 aromatic heterocycles. The van der Waals surface area contributed by atoms with E-state index in [-0.39, 0.29) is 24.2 Å². The van der Waals surface area contributed by atoms with Crippen LogP contribution in [-0.2, 0) is 29.0 Å². The minimum Gasteiger partial charge on any atom is -0.355 e. The molecule has 1 heterocycles. The number of hydrogen-bond donors (Lipinski definition) is 1. The molecule has 5 nitrogen and oxygen atoms in total. The highest BCUT2D eigenvalue weighted by Gasteiger charge is 2.28. The van der Waals surface area contributed by atoms with Gasteiger partial charge in [0.2, 0.25) is 11.8 Å². The Morgan fingerprint density at radius 2 is 1.67 bits per heavy atom. The fraction of sp³-hybridized carbons (Fsp3) is 0.321. The van der Waals surface area contributed by atoms with Crippen molar-refractivity contribution in [1.29, 1.82) is 0 Å². The second-order valence-corrected chi connectivity index (χ2v) is 8.66. The number of pyridine rings is 1. The summed E-state index contributed by atoms with van der Waals surface area (Å²) in [6.45, 7) is 1.09. The maximum Gasteiger partial charge on any atom is 0.230 e. The highest BCUT2D eigenvalue weighted by molar-refractivity contribution is 5.95. The number of benzene rings is 2. The molecule has 2 aromatic carbocycles. The van der Waals surface area contributed by atoms with E-state index in [1.165, 1.54) is 0 Å². The lowest BCUT2D eigenvalue weighted by Gasteiger charge is -2.26. The van der Waals surface area contributed by atoms with Gasteiger partial charge in [-0.05, 0) is 48.2 Å². The van der Waals surface area contributed by atoms with Crippen LogP contribution in [0.4, 0.5) is 5.69 Å². The molecule has 0 unspecified atom stereocenters. The molecule has 1 N–H and O–H groups in total. The predicted octanol–water partition coefficient (Wildman–Crippen LogP) is 4.71. The van der Waals surface area contributed by atoms with E-state index in [0.717, 1.165) is 48.2 Å². The largest absolute Gasteiger partial charge is 0.355 e. The van der Waals surface area contributed by atoms with Crippen LogP contribution in [0.5, 0.6) is 0 Å². The van der Waals surface area contributed by atoms with E-state index in [0.29, 0.717) is 19.5 Å². The van der Waals surface area contributed by atoms with Crippen molar-refractivity contribution in [3.8, 4) is 0 Å². The highest BCUT2D eigenvalue weighted by Crippen LogP contribution is 2.30. The van der Waals surface area contributed by atoms with Crippen LogP contribution in [0.3, 0.4) is 0 Å². The first-order valence-corrected chi connectivity index (χ1v) is 11.8. The van der Waals surface area contributed by atoms with Gasteiger partial charge in [-0.15, -0.1) is 0 Å². The fourth-order valence-electron chi connectivity index (χ4n) is 4.41. The van der Waals surface area contributed by atoms with Crippen LogP contribution in [0.15, 0.2) is 79.0 Å². The maximum absolute atomic E-state index is 13.4. The van der Waals surface area contributed by atoms with Crippen molar-refractivity contribution in [3.05, 3.63) is 95.8 Å². The van der Waals surface area contributed by atoms with Gasteiger partial charge in [0.1, 0.15) is 0 Å². The number of carbonyl (C=O) groups excluding carboxylic acids is 2. The third kappa shape index (κ3) is 6.51. The lowest BCUT2D eigenvalue weighted by Crippen LogP contribution is -2.35. The summed E-state index contributed by atoms with van der Waals surface area (Å²) in [7, 11) is 0. The Balaban J connectivity index is 1.43. The molecule has 4 rings (SSSR count). The minimum absolute atomic E-state index is 0.0280. The second-order valence-electron chi connectivity index (χ2n) is 8.66. The quantitative estimate of drug-likeness (QED) is 0.523. The molecule has 1 saturated carbocycles. The predicted molar refractivity (Wildman–Crippen MR) is 131 cm³/mol. The highest BCUT2D eigenvalue weighted by atomic mass is 16.2. The van der Waals surface area contributed by atoms with Crippen LogP contribution in [0.2, 0.25) is 0 Å². The topological polar surface area (TPSA) is 62.3 Å². The van der Waals surface area contributed by atoms with Gasteiger partial charge in [0.25, 0.3) is 0 Å². The Kier molecular flexibility index (Phi) is 7.85. The average molecular weight is 442 g/mol. The smallest absolute Gasteiger partial charge is 0.230 e. The van der Waals surface area contributed by atoms with Gasteiger partial charge in [0.05, 0.1) is 13.0 Å². The molecule has 1 aliphatic rings. The van der Waals surface area contributed by atoms with Gasteiger partial charge in [-0.2, -0.15) is 0 Å². The van der Waals surface area contributed by atoms with Crippen molar-refractivity contribution >= 4 is 17.5 Å². The van der Waals surface area contributed by atoms with Crippen molar-refractivity contribution in [3.63, 3.8) is 0 Å². The molecule has 0 spiro atoms. The monoisotopic (exact) mass is 441 g/mol. The standard InChI is InChI=1S/C28H31N3O2/c32-27(30-18-16-25-14-6-7-17-29-25)20-23-11-8-15-26(19-23)31(21-22-9-2-1-3-10-22)28(33)24-12-4-5-13-24/h1-3,6-11,14-15,17,19,24H,4-5,12-13,16,18,20-21H2,(H,30,32). The zero-order valence-corrected chi connectivity index (χ0v) is 19.0. The third-order valence-electron chi connectivity index (χ3n) is 6.17. The zero-order chi connectivity index (χ0) is 22.9. The van der Waals surface area contributed by atoms with Crippen LogP contribution in [0.1, 0.15) is 42.5 Å². The van der Waals surface area contributed by atoms with E-state index in [1.807, 2.05) is 77.7 Å². The maximum atomic E-state index is 13.4. The number of nitrogens with zero attached hydrogens (tertiary/aromatic N) is 2. The summed E-state index contributed by atoms with van der Waals surface area (Å²) in [5.41, 5.74) is 3.82. The van der Waals surface area contributed by atoms with Crippen LogP contribution in [-0.4, -0.2) is 23.3 Å². The summed E-state index contributed by atoms with van der Waals surface area (Å²) in [6, 6.07) is 23.7. The van der Waals surface area contributed by atoms with Crippen molar-refractivity contribution in [2.45, 2.75) is 45.1 Å². The van der Waals surface area contributed by atoms with E-state index in [1.54, 1.807) is 6.20 Å². The molecule has 5 heteroatoms. The number of anilines is 1. The average Bonchev–Trinajstić information content (AvgIpc) is 3.39. The van der Waals surface area contributed by atoms with Gasteiger partial charge in [-0.25, -0.2) is 0 Å². The van der Waals surface area contributed by atoms with Crippen LogP contribution < -0.4 is 10.2 Å². The molecule has 0 bridgehead atoms. The van der Waals surface area contributed by atoms with Gasteiger partial charge < -0.3 is 10.2 Å². The molecule has 3 aromatic rings. The molecule has 0 radical (unpaired) electrons. The molecule has 0 aliphatic heterocycles. The lowest BCUT2D eigenvalue weighted by atomic mass is 10.0. The fourth-order valence-corrected chi connectivity index (χ4v) is 4.41. The molecule has 1 fully saturated rings. The first kappa shape index (κ1) is 22.7. The van der Waals surface area contributed by atoms with Gasteiger partial charge in [-0.3, -0.25) is 14.6 Å². The van der Waals surface area contributed by atoms with Gasteiger partial charge >= 0.3 is 0 Å². The Morgan fingerprint density at radius 3 is 2.42 bits per heavy atom.